The van der Waals surface area contributed by atoms with Crippen molar-refractivity contribution in [1.29, 1.82) is 0 Å². The lowest BCUT2D eigenvalue weighted by molar-refractivity contribution is 0.360. The van der Waals surface area contributed by atoms with Crippen molar-refractivity contribution < 1.29 is 23.7 Å². The van der Waals surface area contributed by atoms with Crippen LogP contribution in [-0.2, 0) is 0 Å². The van der Waals surface area contributed by atoms with Gasteiger partial charge in [0.15, 0.2) is 46.0 Å². The maximum Gasteiger partial charge on any atom is 0.170 e. The molecule has 3 aliphatic rings. The molecule has 0 saturated carbocycles. The van der Waals surface area contributed by atoms with Crippen molar-refractivity contribution in [3.05, 3.63) is 424 Å². The maximum absolute atomic E-state index is 6.29. The van der Waals surface area contributed by atoms with Gasteiger partial charge in [0, 0.05) is 0 Å². The predicted molar refractivity (Wildman–Crippen MR) is 508 cm³/mol. The molecule has 0 fully saturated rings. The Hall–Kier alpha value is -15.5. The largest absolute Gasteiger partial charge is 0.455 e. The van der Waals surface area contributed by atoms with Gasteiger partial charge in [-0.3, -0.25) is 0 Å². The summed E-state index contributed by atoms with van der Waals surface area (Å²) < 4.78 is 30.9. The van der Waals surface area contributed by atoms with Crippen molar-refractivity contribution >= 4 is 109 Å². The van der Waals surface area contributed by atoms with Gasteiger partial charge in [-0.05, 0) is 321 Å². The summed E-state index contributed by atoms with van der Waals surface area (Å²) in [5.41, 5.74) is 18.8. The Balaban J connectivity index is 0.000000107. The van der Waals surface area contributed by atoms with Crippen LogP contribution < -0.4 is 23.7 Å². The van der Waals surface area contributed by atoms with E-state index in [0.29, 0.717) is 0 Å². The highest BCUT2D eigenvalue weighted by Gasteiger charge is 2.25. The fourth-order valence-corrected chi connectivity index (χ4v) is 19.3. The van der Waals surface area contributed by atoms with Gasteiger partial charge in [-0.1, -0.05) is 303 Å². The van der Waals surface area contributed by atoms with Crippen molar-refractivity contribution in [3.63, 3.8) is 0 Å². The van der Waals surface area contributed by atoms with E-state index in [1.54, 1.807) is 11.8 Å². The zero-order chi connectivity index (χ0) is 80.9. The summed E-state index contributed by atoms with van der Waals surface area (Å²) in [6, 6.07) is 147. The summed E-state index contributed by atoms with van der Waals surface area (Å²) in [6.45, 7) is 4.34. The van der Waals surface area contributed by atoms with Gasteiger partial charge in [0.05, 0.1) is 9.79 Å². The van der Waals surface area contributed by atoms with Crippen LogP contribution in [0.4, 0.5) is 0 Å². The standard InChI is InChI=1S/C42H26O2.C37H24O2.C37H24OS/c1-2-10-27(11-3-1)30-22-31(24-32(23-30)29-19-21-41-42(26-29)44-40-17-9-8-16-39(40)43-41)28-18-20-37-35-14-5-4-12-33(35)34-13-6-7-15-36(34)38(37)25-28;1-23-18-26(20-27(19-23)25-15-17-36-37(22-25)39-35-13-7-6-12-34(35)38-36)24-14-16-32-30-10-3-2-8-28(30)29-9-4-5-11-31(29)33(32)21-24;1-23-18-26(20-27(19-23)25-15-17-37-35(22-25)38-34-12-6-7-13-36(34)39-37)24-14-16-32-30-10-3-2-8-28(30)29-9-4-5-11-31(29)33(32)21-24/h1-26H;2*2-22H,1H3. The summed E-state index contributed by atoms with van der Waals surface area (Å²) in [5.74, 6) is 7.70. The van der Waals surface area contributed by atoms with Gasteiger partial charge in [-0.25, -0.2) is 0 Å². The average Bonchev–Trinajstić information content (AvgIpc) is 0.747. The molecule has 0 aromatic heterocycles. The number of para-hydroxylation sites is 5. The molecule has 0 amide bonds. The van der Waals surface area contributed by atoms with Gasteiger partial charge in [0.2, 0.25) is 0 Å². The van der Waals surface area contributed by atoms with E-state index in [9.17, 15) is 0 Å². The number of hydrogen-bond acceptors (Lipinski definition) is 6. The van der Waals surface area contributed by atoms with Gasteiger partial charge in [0.1, 0.15) is 11.5 Å². The molecule has 25 rings (SSSR count). The Labute approximate surface area is 710 Å². The Morgan fingerprint density at radius 3 is 0.705 bits per heavy atom. The third-order valence-corrected chi connectivity index (χ3v) is 25.2. The number of fused-ring (bicyclic) bond motifs is 24. The molecule has 3 aliphatic heterocycles. The zero-order valence-corrected chi connectivity index (χ0v) is 67.5. The molecule has 0 spiro atoms. The van der Waals surface area contributed by atoms with Crippen molar-refractivity contribution in [3.8, 4) is 135 Å². The van der Waals surface area contributed by atoms with Crippen molar-refractivity contribution in [2.45, 2.75) is 23.6 Å². The molecular formula is C116H74O5S. The van der Waals surface area contributed by atoms with Crippen molar-refractivity contribution in [2.75, 3.05) is 0 Å². The van der Waals surface area contributed by atoms with Crippen LogP contribution in [0.5, 0.6) is 57.5 Å². The zero-order valence-electron chi connectivity index (χ0n) is 66.7. The first kappa shape index (κ1) is 71.8. The van der Waals surface area contributed by atoms with Crippen LogP contribution >= 0.6 is 11.8 Å². The highest BCUT2D eigenvalue weighted by atomic mass is 32.2. The quantitative estimate of drug-likeness (QED) is 0.148. The Morgan fingerprint density at radius 1 is 0.131 bits per heavy atom. The van der Waals surface area contributed by atoms with E-state index in [1.165, 1.54) is 158 Å². The van der Waals surface area contributed by atoms with Crippen LogP contribution in [0.3, 0.4) is 0 Å². The maximum atomic E-state index is 6.29. The van der Waals surface area contributed by atoms with Gasteiger partial charge in [-0.15, -0.1) is 0 Å². The third-order valence-electron chi connectivity index (χ3n) is 24.1. The van der Waals surface area contributed by atoms with Crippen LogP contribution in [0.1, 0.15) is 11.1 Å². The highest BCUT2D eigenvalue weighted by Crippen LogP contribution is 2.52. The second-order valence-electron chi connectivity index (χ2n) is 31.8. The van der Waals surface area contributed by atoms with Crippen LogP contribution in [0.2, 0.25) is 0 Å². The molecule has 22 aromatic carbocycles. The average molecular weight is 1580 g/mol. The molecule has 5 nitrogen and oxygen atoms in total. The second-order valence-corrected chi connectivity index (χ2v) is 32.9. The fraction of sp³-hybridized carbons (Fsp3) is 0.0172. The number of aryl methyl sites for hydroxylation is 2. The van der Waals surface area contributed by atoms with Gasteiger partial charge in [0.25, 0.3) is 0 Å². The molecule has 22 aromatic rings. The van der Waals surface area contributed by atoms with E-state index in [-0.39, 0.29) is 0 Å². The van der Waals surface area contributed by atoms with Gasteiger partial charge >= 0.3 is 0 Å². The van der Waals surface area contributed by atoms with Gasteiger partial charge < -0.3 is 23.7 Å². The topological polar surface area (TPSA) is 46.2 Å². The molecule has 122 heavy (non-hydrogen) atoms. The molecule has 3 heterocycles. The predicted octanol–water partition coefficient (Wildman–Crippen LogP) is 33.8. The van der Waals surface area contributed by atoms with E-state index in [1.807, 2.05) is 72.8 Å². The Kier molecular flexibility index (Phi) is 17.6. The number of rotatable bonds is 7. The lowest BCUT2D eigenvalue weighted by Gasteiger charge is -2.21. The molecule has 0 atom stereocenters. The van der Waals surface area contributed by atoms with Crippen LogP contribution in [0.25, 0.3) is 175 Å². The first-order valence-electron chi connectivity index (χ1n) is 41.4. The molecule has 0 N–H and O–H groups in total. The SMILES string of the molecule is Cc1cc(-c2ccc3c(c2)Oc2ccccc2O3)cc(-c2ccc3c4ccccc4c4ccccc4c3c2)c1.Cc1cc(-c2ccc3c(c2)Oc2ccccc2S3)cc(-c2ccc3c4ccccc4c4ccccc4c3c2)c1.c1ccc(-c2cc(-c3ccc4c(c3)Oc3ccccc3O4)cc(-c3ccc4c5ccccc5c5ccccc5c4c3)c2)cc1. The van der Waals surface area contributed by atoms with E-state index >= 15 is 0 Å². The lowest BCUT2D eigenvalue weighted by Crippen LogP contribution is -1.98. The number of benzene rings is 22. The van der Waals surface area contributed by atoms with Crippen molar-refractivity contribution in [1.82, 2.24) is 0 Å². The van der Waals surface area contributed by atoms with E-state index < -0.39 is 0 Å². The molecule has 0 saturated heterocycles. The molecule has 0 bridgehead atoms. The molecule has 6 heteroatoms. The second kappa shape index (κ2) is 29.9. The minimum absolute atomic E-state index is 0.719. The number of hydrogen-bond donors (Lipinski definition) is 0. The van der Waals surface area contributed by atoms with E-state index in [0.717, 1.165) is 95.1 Å². The monoisotopic (exact) mass is 1580 g/mol. The first-order valence-corrected chi connectivity index (χ1v) is 42.2. The molecule has 0 unspecified atom stereocenters. The normalized spacial score (nSPS) is 12.1. The molecular weight excluding hydrogens is 1510 g/mol. The van der Waals surface area contributed by atoms with Crippen LogP contribution in [0.15, 0.2) is 422 Å². The van der Waals surface area contributed by atoms with Crippen molar-refractivity contribution in [2.24, 2.45) is 0 Å². The summed E-state index contributed by atoms with van der Waals surface area (Å²) in [5, 5.41) is 23.2. The molecule has 0 aliphatic carbocycles. The summed E-state index contributed by atoms with van der Waals surface area (Å²) in [4.78, 5) is 2.31. The smallest absolute Gasteiger partial charge is 0.170 e. The third kappa shape index (κ3) is 13.0. The van der Waals surface area contributed by atoms with Crippen LogP contribution in [0, 0.1) is 13.8 Å². The number of ether oxygens (including phenoxy) is 5. The fourth-order valence-electron chi connectivity index (χ4n) is 18.4. The molecule has 574 valence electrons. The van der Waals surface area contributed by atoms with E-state index in [4.69, 9.17) is 23.7 Å². The lowest BCUT2D eigenvalue weighted by atomic mass is 9.90. The van der Waals surface area contributed by atoms with E-state index in [2.05, 4.69) is 354 Å². The molecule has 0 radical (unpaired) electrons. The first-order chi connectivity index (χ1) is 60.2. The summed E-state index contributed by atoms with van der Waals surface area (Å²) in [7, 11) is 0. The van der Waals surface area contributed by atoms with Crippen LogP contribution in [-0.4, -0.2) is 0 Å². The Bertz CT molecular complexity index is 7660. The summed E-state index contributed by atoms with van der Waals surface area (Å²) in [6.07, 6.45) is 0. The highest BCUT2D eigenvalue weighted by molar-refractivity contribution is 7.99. The summed E-state index contributed by atoms with van der Waals surface area (Å²) >= 11 is 1.77. The minimum atomic E-state index is 0.719. The van der Waals surface area contributed by atoms with Gasteiger partial charge in [-0.2, -0.15) is 0 Å². The Morgan fingerprint density at radius 2 is 0.352 bits per heavy atom. The minimum Gasteiger partial charge on any atom is -0.455 e.